The third kappa shape index (κ3) is 7.99. The van der Waals surface area contributed by atoms with Gasteiger partial charge >= 0.3 is 11.9 Å². The number of aliphatic hydroxyl groups excluding tert-OH is 6. The van der Waals surface area contributed by atoms with Gasteiger partial charge in [-0.05, 0) is 36.3 Å². The molecule has 1 aliphatic carbocycles. The molecule has 0 bridgehead atoms. The number of epoxide rings is 1. The summed E-state index contributed by atoms with van der Waals surface area (Å²) in [6.45, 7) is 0.352. The molecule has 2 aromatic carbocycles. The SMILES string of the molecule is CC1OC(OC2C3C=COC(OC4OC(CO)C(O)C(O)C4O)C3C3(CO)OC23)C(OC(=O)C=Cc2ccccc2)C(OC(=O)C=Cc2ccccc2)C1O. The first-order valence-corrected chi connectivity index (χ1v) is 18.0. The van der Waals surface area contributed by atoms with Gasteiger partial charge in [0.25, 0.3) is 0 Å². The molecule has 16 atom stereocenters. The molecular formula is C39H44O16. The summed E-state index contributed by atoms with van der Waals surface area (Å²) in [5.74, 6) is -3.09. The highest BCUT2D eigenvalue weighted by atomic mass is 16.8. The standard InChI is InChI=1S/C39H44O16/c1-20-28(44)33(51-25(42)14-12-21-8-4-2-5-9-21)34(52-26(43)15-13-22-10-6-3-7-11-22)38(49-20)53-32-23-16-17-48-36(27(23)39(19-41)35(32)55-39)54-37-31(47)30(46)29(45)24(18-40)50-37/h2-17,20,23-24,27-38,40-41,44-47H,18-19H2,1H3. The molecule has 16 heteroatoms. The van der Waals surface area contributed by atoms with Crippen molar-refractivity contribution in [3.05, 3.63) is 96.3 Å². The summed E-state index contributed by atoms with van der Waals surface area (Å²) in [5.41, 5.74) is 0.156. The van der Waals surface area contributed by atoms with E-state index in [1.54, 1.807) is 54.6 Å². The fourth-order valence-electron chi connectivity index (χ4n) is 7.62. The molecule has 5 aliphatic rings. The van der Waals surface area contributed by atoms with Gasteiger partial charge < -0.3 is 68.5 Å². The maximum absolute atomic E-state index is 13.3. The monoisotopic (exact) mass is 768 g/mol. The minimum atomic E-state index is -1.72. The van der Waals surface area contributed by atoms with Crippen molar-refractivity contribution >= 4 is 24.1 Å². The van der Waals surface area contributed by atoms with Crippen LogP contribution < -0.4 is 0 Å². The van der Waals surface area contributed by atoms with Gasteiger partial charge in [0.15, 0.2) is 24.8 Å². The number of hydrogen-bond acceptors (Lipinski definition) is 16. The number of carbonyl (C=O) groups excluding carboxylic acids is 2. The number of esters is 2. The third-order valence-corrected chi connectivity index (χ3v) is 10.6. The topological polar surface area (TPSA) is 233 Å². The van der Waals surface area contributed by atoms with Gasteiger partial charge in [0.05, 0.1) is 37.6 Å². The van der Waals surface area contributed by atoms with E-state index >= 15 is 0 Å². The highest BCUT2D eigenvalue weighted by Gasteiger charge is 2.77. The number of benzene rings is 2. The normalized spacial score (nSPS) is 40.7. The lowest BCUT2D eigenvalue weighted by Crippen LogP contribution is -2.61. The summed E-state index contributed by atoms with van der Waals surface area (Å²) < 4.78 is 47.5. The number of aliphatic hydroxyl groups is 6. The van der Waals surface area contributed by atoms with Gasteiger partial charge in [0.2, 0.25) is 6.29 Å². The Morgan fingerprint density at radius 2 is 1.35 bits per heavy atom. The van der Waals surface area contributed by atoms with Crippen molar-refractivity contribution in [2.45, 2.75) is 92.4 Å². The van der Waals surface area contributed by atoms with Crippen molar-refractivity contribution in [2.24, 2.45) is 11.8 Å². The molecule has 6 N–H and O–H groups in total. The lowest BCUT2D eigenvalue weighted by atomic mass is 9.85. The van der Waals surface area contributed by atoms with E-state index in [0.29, 0.717) is 5.56 Å². The van der Waals surface area contributed by atoms with Crippen LogP contribution in [0.4, 0.5) is 0 Å². The Bertz CT molecular complexity index is 1720. The van der Waals surface area contributed by atoms with E-state index in [2.05, 4.69) is 0 Å². The smallest absolute Gasteiger partial charge is 0.331 e. The average molecular weight is 769 g/mol. The zero-order chi connectivity index (χ0) is 38.9. The molecule has 0 aromatic heterocycles. The Morgan fingerprint density at radius 3 is 1.95 bits per heavy atom. The lowest BCUT2D eigenvalue weighted by molar-refractivity contribution is -0.347. The molecule has 2 aromatic rings. The number of carbonyl (C=O) groups is 2. The van der Waals surface area contributed by atoms with Crippen molar-refractivity contribution in [3.63, 3.8) is 0 Å². The van der Waals surface area contributed by atoms with Gasteiger partial charge in [-0.1, -0.05) is 60.7 Å². The summed E-state index contributed by atoms with van der Waals surface area (Å²) in [5, 5.41) is 62.8. The molecular weight excluding hydrogens is 724 g/mol. The zero-order valence-corrected chi connectivity index (χ0v) is 29.6. The quantitative estimate of drug-likeness (QED) is 0.0932. The Morgan fingerprint density at radius 1 is 0.727 bits per heavy atom. The molecule has 55 heavy (non-hydrogen) atoms. The second-order valence-electron chi connectivity index (χ2n) is 14.0. The summed E-state index contributed by atoms with van der Waals surface area (Å²) in [6.07, 6.45) is -9.20. The van der Waals surface area contributed by atoms with Crippen molar-refractivity contribution in [1.29, 1.82) is 0 Å². The molecule has 4 aliphatic heterocycles. The largest absolute Gasteiger partial charge is 0.472 e. The Labute approximate surface area is 315 Å². The van der Waals surface area contributed by atoms with Crippen LogP contribution in [0.5, 0.6) is 0 Å². The molecule has 1 saturated carbocycles. The summed E-state index contributed by atoms with van der Waals surface area (Å²) >= 11 is 0. The molecule has 4 fully saturated rings. The van der Waals surface area contributed by atoms with Crippen LogP contribution in [0, 0.1) is 11.8 Å². The molecule has 3 saturated heterocycles. The minimum absolute atomic E-state index is 0.512. The van der Waals surface area contributed by atoms with Gasteiger partial charge in [-0.2, -0.15) is 0 Å². The van der Waals surface area contributed by atoms with Crippen molar-refractivity contribution in [1.82, 2.24) is 0 Å². The van der Waals surface area contributed by atoms with Crippen LogP contribution in [0.25, 0.3) is 12.2 Å². The maximum atomic E-state index is 13.3. The van der Waals surface area contributed by atoms with Crippen molar-refractivity contribution in [3.8, 4) is 0 Å². The molecule has 296 valence electrons. The molecule has 7 rings (SSSR count). The Hall–Kier alpha value is -4.04. The number of ether oxygens (including phenoxy) is 8. The Balaban J connectivity index is 1.13. The third-order valence-electron chi connectivity index (χ3n) is 10.6. The van der Waals surface area contributed by atoms with E-state index < -0.39 is 122 Å². The highest BCUT2D eigenvalue weighted by Crippen LogP contribution is 2.61. The summed E-state index contributed by atoms with van der Waals surface area (Å²) in [7, 11) is 0. The first-order chi connectivity index (χ1) is 26.5. The fourth-order valence-corrected chi connectivity index (χ4v) is 7.62. The van der Waals surface area contributed by atoms with Crippen molar-refractivity contribution in [2.75, 3.05) is 13.2 Å². The van der Waals surface area contributed by atoms with Gasteiger partial charge in [0, 0.05) is 18.1 Å². The van der Waals surface area contributed by atoms with Crippen LogP contribution in [0.2, 0.25) is 0 Å². The molecule has 16 unspecified atom stereocenters. The van der Waals surface area contributed by atoms with Crippen LogP contribution in [0.3, 0.4) is 0 Å². The number of fused-ring (bicyclic) bond motifs is 3. The van der Waals surface area contributed by atoms with E-state index in [1.807, 2.05) is 12.1 Å². The fraction of sp³-hybridized carbons (Fsp3) is 0.487. The van der Waals surface area contributed by atoms with Crippen LogP contribution in [-0.4, -0.2) is 141 Å². The van der Waals surface area contributed by atoms with Crippen molar-refractivity contribution < 1.29 is 78.1 Å². The van der Waals surface area contributed by atoms with Gasteiger partial charge in [-0.25, -0.2) is 9.59 Å². The van der Waals surface area contributed by atoms with E-state index in [1.165, 1.54) is 37.5 Å². The van der Waals surface area contributed by atoms with Crippen LogP contribution in [-0.2, 0) is 47.5 Å². The van der Waals surface area contributed by atoms with Gasteiger partial charge in [-0.15, -0.1) is 0 Å². The second kappa shape index (κ2) is 16.6. The van der Waals surface area contributed by atoms with E-state index in [-0.39, 0.29) is 0 Å². The van der Waals surface area contributed by atoms with Crippen LogP contribution >= 0.6 is 0 Å². The number of hydrogen-bond donors (Lipinski definition) is 6. The Kier molecular flexibility index (Phi) is 11.8. The molecule has 16 nitrogen and oxygen atoms in total. The van der Waals surface area contributed by atoms with Gasteiger partial charge in [0.1, 0.15) is 42.2 Å². The molecule has 4 heterocycles. The summed E-state index contributed by atoms with van der Waals surface area (Å²) in [4.78, 5) is 26.4. The highest BCUT2D eigenvalue weighted by molar-refractivity contribution is 5.88. The molecule has 0 spiro atoms. The first kappa shape index (κ1) is 39.2. The van der Waals surface area contributed by atoms with E-state index in [9.17, 15) is 40.2 Å². The van der Waals surface area contributed by atoms with Crippen LogP contribution in [0.1, 0.15) is 18.1 Å². The lowest BCUT2D eigenvalue weighted by Gasteiger charge is -2.44. The maximum Gasteiger partial charge on any atom is 0.331 e. The van der Waals surface area contributed by atoms with Gasteiger partial charge in [-0.3, -0.25) is 0 Å². The average Bonchev–Trinajstić information content (AvgIpc) is 3.88. The van der Waals surface area contributed by atoms with E-state index in [0.717, 1.165) is 5.56 Å². The molecule has 0 amide bonds. The van der Waals surface area contributed by atoms with E-state index in [4.69, 9.17) is 37.9 Å². The second-order valence-corrected chi connectivity index (χ2v) is 14.0. The minimum Gasteiger partial charge on any atom is -0.472 e. The predicted octanol–water partition coefficient (Wildman–Crippen LogP) is -0.210. The van der Waals surface area contributed by atoms with Crippen LogP contribution in [0.15, 0.2) is 85.2 Å². The predicted molar refractivity (Wildman–Crippen MR) is 186 cm³/mol. The molecule has 0 radical (unpaired) electrons. The first-order valence-electron chi connectivity index (χ1n) is 18.0. The number of rotatable bonds is 12. The zero-order valence-electron chi connectivity index (χ0n) is 29.6. The summed E-state index contributed by atoms with van der Waals surface area (Å²) in [6, 6.07) is 18.0.